The number of carbonyl (C=O) groups is 1. The first kappa shape index (κ1) is 14.2. The summed E-state index contributed by atoms with van der Waals surface area (Å²) in [6.45, 7) is 0. The van der Waals surface area contributed by atoms with E-state index in [1.807, 2.05) is 6.07 Å². The van der Waals surface area contributed by atoms with Crippen molar-refractivity contribution in [2.45, 2.75) is 38.5 Å². The van der Waals surface area contributed by atoms with Crippen LogP contribution in [0.3, 0.4) is 0 Å². The third kappa shape index (κ3) is 3.41. The van der Waals surface area contributed by atoms with Crippen molar-refractivity contribution in [2.75, 3.05) is 0 Å². The topological polar surface area (TPSA) is 60.2 Å². The Kier molecular flexibility index (Phi) is 4.69. The van der Waals surface area contributed by atoms with Crippen LogP contribution in [0.4, 0.5) is 5.69 Å². The van der Waals surface area contributed by atoms with Crippen molar-refractivity contribution in [1.29, 1.82) is 0 Å². The van der Waals surface area contributed by atoms with Crippen molar-refractivity contribution in [2.24, 2.45) is 5.92 Å². The molecule has 1 fully saturated rings. The van der Waals surface area contributed by atoms with Crippen LogP contribution < -0.4 is 0 Å². The van der Waals surface area contributed by atoms with Crippen LogP contribution in [-0.2, 0) is 11.2 Å². The molecule has 0 N–H and O–H groups in total. The van der Waals surface area contributed by atoms with Gasteiger partial charge in [-0.1, -0.05) is 25.0 Å². The van der Waals surface area contributed by atoms with Crippen molar-refractivity contribution in [1.82, 2.24) is 0 Å². The van der Waals surface area contributed by atoms with Gasteiger partial charge in [-0.05, 0) is 40.8 Å². The van der Waals surface area contributed by atoms with E-state index in [-0.39, 0.29) is 11.6 Å². The molecule has 4 nitrogen and oxygen atoms in total. The number of Topliss-reactive ketones (excluding diaryl/α,β-unsaturated/α-hetero) is 1. The number of benzene rings is 1. The van der Waals surface area contributed by atoms with E-state index in [9.17, 15) is 14.9 Å². The van der Waals surface area contributed by atoms with E-state index in [1.54, 1.807) is 6.07 Å². The summed E-state index contributed by atoms with van der Waals surface area (Å²) in [5.74, 6) is 0.522. The molecule has 1 aromatic carbocycles. The molecule has 0 atom stereocenters. The Labute approximate surface area is 120 Å². The number of carbonyl (C=O) groups excluding carboxylic acids is 1. The third-order valence-corrected chi connectivity index (χ3v) is 4.62. The summed E-state index contributed by atoms with van der Waals surface area (Å²) in [5, 5.41) is 10.8. The summed E-state index contributed by atoms with van der Waals surface area (Å²) in [4.78, 5) is 22.4. The van der Waals surface area contributed by atoms with Gasteiger partial charge in [-0.3, -0.25) is 14.9 Å². The van der Waals surface area contributed by atoms with Gasteiger partial charge in [0.25, 0.3) is 5.69 Å². The Hall–Kier alpha value is -1.23. The number of halogens is 1. The van der Waals surface area contributed by atoms with E-state index in [0.717, 1.165) is 31.2 Å². The molecule has 102 valence electrons. The van der Waals surface area contributed by atoms with Crippen LogP contribution in [0.1, 0.15) is 37.7 Å². The molecule has 0 aromatic heterocycles. The molecule has 0 radical (unpaired) electrons. The fraction of sp³-hybridized carbons (Fsp3) is 0.500. The molecular formula is C14H16BrNO3. The first-order chi connectivity index (χ1) is 9.09. The minimum absolute atomic E-state index is 0.0609. The minimum Gasteiger partial charge on any atom is -0.299 e. The first-order valence-electron chi connectivity index (χ1n) is 6.54. The van der Waals surface area contributed by atoms with E-state index < -0.39 is 4.92 Å². The summed E-state index contributed by atoms with van der Waals surface area (Å²) in [6.07, 6.45) is 5.36. The fourth-order valence-electron chi connectivity index (χ4n) is 2.61. The summed E-state index contributed by atoms with van der Waals surface area (Å²) < 4.78 is 0.499. The van der Waals surface area contributed by atoms with Crippen LogP contribution >= 0.6 is 15.9 Å². The predicted molar refractivity (Wildman–Crippen MR) is 76.1 cm³/mol. The van der Waals surface area contributed by atoms with Crippen molar-refractivity contribution in [3.05, 3.63) is 38.3 Å². The highest BCUT2D eigenvalue weighted by atomic mass is 79.9. The van der Waals surface area contributed by atoms with Crippen LogP contribution in [-0.4, -0.2) is 10.7 Å². The van der Waals surface area contributed by atoms with Gasteiger partial charge in [-0.15, -0.1) is 0 Å². The molecular weight excluding hydrogens is 310 g/mol. The highest BCUT2D eigenvalue weighted by molar-refractivity contribution is 9.10. The second-order valence-electron chi connectivity index (χ2n) is 4.96. The standard InChI is InChI=1S/C14H16BrNO3/c15-14-11(6-3-7-12(14)16(18)19)8-9-13(17)10-4-1-2-5-10/h3,6-7,10H,1-2,4-5,8-9H2. The number of rotatable bonds is 5. The first-order valence-corrected chi connectivity index (χ1v) is 7.33. The van der Waals surface area contributed by atoms with Crippen molar-refractivity contribution in [3.8, 4) is 0 Å². The number of hydrogen-bond acceptors (Lipinski definition) is 3. The van der Waals surface area contributed by atoms with Gasteiger partial charge in [0, 0.05) is 18.4 Å². The fourth-order valence-corrected chi connectivity index (χ4v) is 3.22. The third-order valence-electron chi connectivity index (χ3n) is 3.71. The van der Waals surface area contributed by atoms with Crippen molar-refractivity contribution in [3.63, 3.8) is 0 Å². The highest BCUT2D eigenvalue weighted by Gasteiger charge is 2.23. The molecule has 0 unspecified atom stereocenters. The van der Waals surface area contributed by atoms with E-state index in [0.29, 0.717) is 23.1 Å². The maximum Gasteiger partial charge on any atom is 0.283 e. The number of aryl methyl sites for hydroxylation is 1. The van der Waals surface area contributed by atoms with Gasteiger partial charge in [0.2, 0.25) is 0 Å². The smallest absolute Gasteiger partial charge is 0.283 e. The van der Waals surface area contributed by atoms with Crippen LogP contribution in [0, 0.1) is 16.0 Å². The molecule has 0 heterocycles. The summed E-state index contributed by atoms with van der Waals surface area (Å²) >= 11 is 3.26. The Morgan fingerprint density at radius 1 is 1.37 bits per heavy atom. The Balaban J connectivity index is 2.01. The quantitative estimate of drug-likeness (QED) is 0.606. The molecule has 5 heteroatoms. The number of ketones is 1. The molecule has 0 amide bonds. The summed E-state index contributed by atoms with van der Waals surface area (Å²) in [6, 6.07) is 4.96. The zero-order valence-corrected chi connectivity index (χ0v) is 12.2. The molecule has 19 heavy (non-hydrogen) atoms. The number of nitrogens with zero attached hydrogens (tertiary/aromatic N) is 1. The van der Waals surface area contributed by atoms with Crippen LogP contribution in [0.2, 0.25) is 0 Å². The van der Waals surface area contributed by atoms with Gasteiger partial charge in [0.1, 0.15) is 5.78 Å². The Morgan fingerprint density at radius 2 is 2.05 bits per heavy atom. The van der Waals surface area contributed by atoms with Gasteiger partial charge in [-0.2, -0.15) is 0 Å². The summed E-state index contributed by atoms with van der Waals surface area (Å²) in [7, 11) is 0. The second kappa shape index (κ2) is 6.28. The van der Waals surface area contributed by atoms with Gasteiger partial charge < -0.3 is 0 Å². The van der Waals surface area contributed by atoms with Crippen LogP contribution in [0.15, 0.2) is 22.7 Å². The van der Waals surface area contributed by atoms with E-state index in [4.69, 9.17) is 0 Å². The Morgan fingerprint density at radius 3 is 2.68 bits per heavy atom. The predicted octanol–water partition coefficient (Wildman–Crippen LogP) is 4.05. The molecule has 0 bridgehead atoms. The van der Waals surface area contributed by atoms with Gasteiger partial charge in [-0.25, -0.2) is 0 Å². The second-order valence-corrected chi connectivity index (χ2v) is 5.75. The number of nitro benzene ring substituents is 1. The van der Waals surface area contributed by atoms with E-state index >= 15 is 0 Å². The van der Waals surface area contributed by atoms with Crippen molar-refractivity contribution < 1.29 is 9.72 Å². The largest absolute Gasteiger partial charge is 0.299 e. The molecule has 0 aliphatic heterocycles. The lowest BCUT2D eigenvalue weighted by molar-refractivity contribution is -0.385. The van der Waals surface area contributed by atoms with Crippen LogP contribution in [0.25, 0.3) is 0 Å². The van der Waals surface area contributed by atoms with E-state index in [1.165, 1.54) is 6.07 Å². The van der Waals surface area contributed by atoms with Gasteiger partial charge in [0.15, 0.2) is 0 Å². The lowest BCUT2D eigenvalue weighted by Gasteiger charge is -2.08. The van der Waals surface area contributed by atoms with Crippen molar-refractivity contribution >= 4 is 27.4 Å². The highest BCUT2D eigenvalue weighted by Crippen LogP contribution is 2.30. The summed E-state index contributed by atoms with van der Waals surface area (Å²) in [5.41, 5.74) is 0.895. The molecule has 0 spiro atoms. The minimum atomic E-state index is -0.410. The average Bonchev–Trinajstić information content (AvgIpc) is 2.90. The molecule has 1 aliphatic rings. The molecule has 1 aliphatic carbocycles. The van der Waals surface area contributed by atoms with E-state index in [2.05, 4.69) is 15.9 Å². The maximum atomic E-state index is 12.0. The monoisotopic (exact) mass is 325 g/mol. The molecule has 0 saturated heterocycles. The lowest BCUT2D eigenvalue weighted by atomic mass is 9.97. The van der Waals surface area contributed by atoms with Crippen LogP contribution in [0.5, 0.6) is 0 Å². The number of hydrogen-bond donors (Lipinski definition) is 0. The normalized spacial score (nSPS) is 15.6. The lowest BCUT2D eigenvalue weighted by Crippen LogP contribution is -2.11. The van der Waals surface area contributed by atoms with Gasteiger partial charge in [0.05, 0.1) is 9.40 Å². The average molecular weight is 326 g/mol. The molecule has 1 aromatic rings. The zero-order chi connectivity index (χ0) is 13.8. The molecule has 2 rings (SSSR count). The maximum absolute atomic E-state index is 12.0. The number of nitro groups is 1. The van der Waals surface area contributed by atoms with Gasteiger partial charge >= 0.3 is 0 Å². The zero-order valence-electron chi connectivity index (χ0n) is 10.6. The SMILES string of the molecule is O=C(CCc1cccc([N+](=O)[O-])c1Br)C1CCCC1. The molecule has 1 saturated carbocycles. The Bertz CT molecular complexity index is 495.